The highest BCUT2D eigenvalue weighted by Crippen LogP contribution is 2.20. The van der Waals surface area contributed by atoms with Gasteiger partial charge < -0.3 is 5.32 Å². The molecule has 1 N–H and O–H groups in total. The summed E-state index contributed by atoms with van der Waals surface area (Å²) in [6, 6.07) is 5.45. The van der Waals surface area contributed by atoms with Gasteiger partial charge in [-0.15, -0.1) is 0 Å². The summed E-state index contributed by atoms with van der Waals surface area (Å²) in [5, 5.41) is 5.24. The molecule has 0 bridgehead atoms. The quantitative estimate of drug-likeness (QED) is 0.925. The smallest absolute Gasteiger partial charge is 0.202 e. The molecule has 0 radical (unpaired) electrons. The molecule has 6 heteroatoms. The van der Waals surface area contributed by atoms with E-state index in [0.717, 1.165) is 16.5 Å². The number of nitrogens with zero attached hydrogens (tertiary/aromatic N) is 2. The van der Waals surface area contributed by atoms with E-state index in [1.807, 2.05) is 19.1 Å². The summed E-state index contributed by atoms with van der Waals surface area (Å²) < 4.78 is 4.08. The number of halogens is 2. The highest BCUT2D eigenvalue weighted by molar-refractivity contribution is 7.09. The molecule has 0 unspecified atom stereocenters. The minimum atomic E-state index is 0.634. The Labute approximate surface area is 108 Å². The van der Waals surface area contributed by atoms with E-state index < -0.39 is 0 Å². The second-order valence-electron chi connectivity index (χ2n) is 3.28. The van der Waals surface area contributed by atoms with Crippen LogP contribution in [0.2, 0.25) is 10.0 Å². The first kappa shape index (κ1) is 11.6. The van der Waals surface area contributed by atoms with Crippen molar-refractivity contribution in [3.8, 4) is 0 Å². The molecular formula is C10H9Cl2N3S. The van der Waals surface area contributed by atoms with Crippen molar-refractivity contribution >= 4 is 39.9 Å². The molecule has 1 aromatic carbocycles. The molecule has 0 aliphatic rings. The molecule has 0 aliphatic heterocycles. The van der Waals surface area contributed by atoms with Crippen LogP contribution in [-0.2, 0) is 6.54 Å². The Kier molecular flexibility index (Phi) is 3.63. The number of aromatic nitrogens is 2. The number of nitrogens with one attached hydrogen (secondary N) is 1. The normalized spacial score (nSPS) is 10.4. The summed E-state index contributed by atoms with van der Waals surface area (Å²) in [7, 11) is 0. The van der Waals surface area contributed by atoms with Crippen LogP contribution in [0.15, 0.2) is 18.2 Å². The first-order valence-corrected chi connectivity index (χ1v) is 6.15. The predicted molar refractivity (Wildman–Crippen MR) is 68.4 cm³/mol. The third-order valence-electron chi connectivity index (χ3n) is 1.89. The summed E-state index contributed by atoms with van der Waals surface area (Å²) in [4.78, 5) is 4.20. The molecule has 0 saturated carbocycles. The molecule has 0 amide bonds. The SMILES string of the molecule is Cc1nsc(NCc2cc(Cl)cc(Cl)c2)n1. The molecular weight excluding hydrogens is 265 g/mol. The number of benzene rings is 1. The maximum Gasteiger partial charge on any atom is 0.202 e. The van der Waals surface area contributed by atoms with Gasteiger partial charge in [-0.05, 0) is 30.7 Å². The van der Waals surface area contributed by atoms with E-state index in [1.54, 1.807) is 6.07 Å². The lowest BCUT2D eigenvalue weighted by atomic mass is 10.2. The van der Waals surface area contributed by atoms with Crippen LogP contribution in [0.3, 0.4) is 0 Å². The third-order valence-corrected chi connectivity index (χ3v) is 3.09. The standard InChI is InChI=1S/C10H9Cl2N3S/c1-6-14-10(16-15-6)13-5-7-2-8(11)4-9(12)3-7/h2-4H,5H2,1H3,(H,13,14,15). The fraction of sp³-hybridized carbons (Fsp3) is 0.200. The Balaban J connectivity index is 2.04. The lowest BCUT2D eigenvalue weighted by Gasteiger charge is -2.03. The van der Waals surface area contributed by atoms with Gasteiger partial charge in [0.05, 0.1) is 0 Å². The Morgan fingerprint density at radius 2 is 1.94 bits per heavy atom. The summed E-state index contributed by atoms with van der Waals surface area (Å²) in [5.41, 5.74) is 1.02. The van der Waals surface area contributed by atoms with Crippen LogP contribution in [-0.4, -0.2) is 9.36 Å². The van der Waals surface area contributed by atoms with Crippen molar-refractivity contribution in [1.82, 2.24) is 9.36 Å². The number of hydrogen-bond acceptors (Lipinski definition) is 4. The van der Waals surface area contributed by atoms with Crippen molar-refractivity contribution in [2.45, 2.75) is 13.5 Å². The zero-order valence-electron chi connectivity index (χ0n) is 8.50. The zero-order valence-corrected chi connectivity index (χ0v) is 10.8. The highest BCUT2D eigenvalue weighted by atomic mass is 35.5. The molecule has 3 nitrogen and oxygen atoms in total. The van der Waals surface area contributed by atoms with Crippen molar-refractivity contribution < 1.29 is 0 Å². The molecule has 0 atom stereocenters. The largest absolute Gasteiger partial charge is 0.356 e. The van der Waals surface area contributed by atoms with E-state index in [4.69, 9.17) is 23.2 Å². The van der Waals surface area contributed by atoms with Crippen LogP contribution >= 0.6 is 34.7 Å². The second-order valence-corrected chi connectivity index (χ2v) is 4.90. The molecule has 0 fully saturated rings. The molecule has 2 aromatic rings. The van der Waals surface area contributed by atoms with Gasteiger partial charge in [-0.1, -0.05) is 23.2 Å². The van der Waals surface area contributed by atoms with Crippen LogP contribution in [0.1, 0.15) is 11.4 Å². The van der Waals surface area contributed by atoms with Crippen molar-refractivity contribution in [3.63, 3.8) is 0 Å². The van der Waals surface area contributed by atoms with E-state index in [0.29, 0.717) is 16.6 Å². The van der Waals surface area contributed by atoms with Crippen LogP contribution in [0, 0.1) is 6.92 Å². The van der Waals surface area contributed by atoms with E-state index in [-0.39, 0.29) is 0 Å². The van der Waals surface area contributed by atoms with E-state index in [2.05, 4.69) is 14.7 Å². The predicted octanol–water partition coefficient (Wildman–Crippen LogP) is 3.77. The summed E-state index contributed by atoms with van der Waals surface area (Å²) >= 11 is 13.1. The van der Waals surface area contributed by atoms with Crippen molar-refractivity contribution in [2.24, 2.45) is 0 Å². The van der Waals surface area contributed by atoms with Gasteiger partial charge >= 0.3 is 0 Å². The Hall–Kier alpha value is -0.840. The zero-order chi connectivity index (χ0) is 11.5. The van der Waals surface area contributed by atoms with Gasteiger partial charge in [0.25, 0.3) is 0 Å². The van der Waals surface area contributed by atoms with Crippen molar-refractivity contribution in [3.05, 3.63) is 39.6 Å². The lowest BCUT2D eigenvalue weighted by Crippen LogP contribution is -1.98. The van der Waals surface area contributed by atoms with Crippen LogP contribution in [0.4, 0.5) is 5.13 Å². The van der Waals surface area contributed by atoms with E-state index in [1.165, 1.54) is 11.5 Å². The minimum absolute atomic E-state index is 0.634. The Morgan fingerprint density at radius 1 is 1.25 bits per heavy atom. The molecule has 0 spiro atoms. The van der Waals surface area contributed by atoms with Crippen molar-refractivity contribution in [1.29, 1.82) is 0 Å². The van der Waals surface area contributed by atoms with Crippen LogP contribution in [0.25, 0.3) is 0 Å². The number of aryl methyl sites for hydroxylation is 1. The first-order chi connectivity index (χ1) is 7.63. The van der Waals surface area contributed by atoms with Crippen molar-refractivity contribution in [2.75, 3.05) is 5.32 Å². The average molecular weight is 274 g/mol. The van der Waals surface area contributed by atoms with Gasteiger partial charge in [-0.3, -0.25) is 0 Å². The number of hydrogen-bond donors (Lipinski definition) is 1. The van der Waals surface area contributed by atoms with Crippen LogP contribution < -0.4 is 5.32 Å². The van der Waals surface area contributed by atoms with Gasteiger partial charge in [-0.2, -0.15) is 4.37 Å². The molecule has 1 heterocycles. The monoisotopic (exact) mass is 273 g/mol. The summed E-state index contributed by atoms with van der Waals surface area (Å²) in [6.07, 6.45) is 0. The third kappa shape index (κ3) is 3.07. The van der Waals surface area contributed by atoms with Gasteiger partial charge in [0, 0.05) is 28.1 Å². The average Bonchev–Trinajstić information content (AvgIpc) is 2.60. The minimum Gasteiger partial charge on any atom is -0.356 e. The fourth-order valence-corrected chi connectivity index (χ4v) is 2.40. The Bertz CT molecular complexity index is 478. The first-order valence-electron chi connectivity index (χ1n) is 4.62. The maximum absolute atomic E-state index is 5.90. The molecule has 16 heavy (non-hydrogen) atoms. The summed E-state index contributed by atoms with van der Waals surface area (Å²) in [6.45, 7) is 2.49. The second kappa shape index (κ2) is 4.99. The van der Waals surface area contributed by atoms with E-state index in [9.17, 15) is 0 Å². The highest BCUT2D eigenvalue weighted by Gasteiger charge is 2.01. The van der Waals surface area contributed by atoms with Crippen LogP contribution in [0.5, 0.6) is 0 Å². The molecule has 0 saturated heterocycles. The number of rotatable bonds is 3. The summed E-state index contributed by atoms with van der Waals surface area (Å²) in [5.74, 6) is 0.775. The molecule has 2 rings (SSSR count). The molecule has 0 aliphatic carbocycles. The van der Waals surface area contributed by atoms with Gasteiger partial charge in [-0.25, -0.2) is 4.98 Å². The maximum atomic E-state index is 5.90. The fourth-order valence-electron chi connectivity index (χ4n) is 1.26. The van der Waals surface area contributed by atoms with Gasteiger partial charge in [0.1, 0.15) is 5.82 Å². The van der Waals surface area contributed by atoms with Gasteiger partial charge in [0.2, 0.25) is 5.13 Å². The Morgan fingerprint density at radius 3 is 2.50 bits per heavy atom. The molecule has 84 valence electrons. The molecule has 1 aromatic heterocycles. The topological polar surface area (TPSA) is 37.8 Å². The number of anilines is 1. The lowest BCUT2D eigenvalue weighted by molar-refractivity contribution is 1.10. The van der Waals surface area contributed by atoms with Gasteiger partial charge in [0.15, 0.2) is 0 Å². The van der Waals surface area contributed by atoms with E-state index >= 15 is 0 Å².